The lowest BCUT2D eigenvalue weighted by Crippen LogP contribution is -2.47. The largest absolute Gasteiger partial charge is 0.335 e. The van der Waals surface area contributed by atoms with Crippen LogP contribution in [-0.4, -0.2) is 67.9 Å². The molecule has 4 heterocycles. The summed E-state index contributed by atoms with van der Waals surface area (Å²) in [6.07, 6.45) is 11.0. The number of piperazine rings is 1. The second kappa shape index (κ2) is 7.05. The molecule has 28 heavy (non-hydrogen) atoms. The zero-order valence-corrected chi connectivity index (χ0v) is 16.3. The van der Waals surface area contributed by atoms with Crippen LogP contribution in [0.4, 0.5) is 0 Å². The summed E-state index contributed by atoms with van der Waals surface area (Å²) in [5, 5.41) is 0. The van der Waals surface area contributed by atoms with Crippen LogP contribution in [0, 0.1) is 0 Å². The minimum absolute atomic E-state index is 0.0123. The third-order valence-electron chi connectivity index (χ3n) is 6.12. The number of pyridine rings is 1. The quantitative estimate of drug-likeness (QED) is 0.703. The first kappa shape index (κ1) is 17.4. The van der Waals surface area contributed by atoms with Crippen molar-refractivity contribution in [3.63, 3.8) is 0 Å². The van der Waals surface area contributed by atoms with E-state index in [2.05, 4.69) is 27.7 Å². The second-order valence-electron chi connectivity index (χ2n) is 7.98. The van der Waals surface area contributed by atoms with Gasteiger partial charge in [0, 0.05) is 44.6 Å². The average Bonchev–Trinajstić information content (AvgIpc) is 3.46. The van der Waals surface area contributed by atoms with E-state index in [0.29, 0.717) is 11.7 Å². The molecule has 5 rings (SSSR count). The molecule has 0 radical (unpaired) electrons. The normalized spacial score (nSPS) is 19.0. The van der Waals surface area contributed by atoms with Crippen LogP contribution in [0.2, 0.25) is 0 Å². The minimum atomic E-state index is 0.0123. The molecule has 1 saturated heterocycles. The van der Waals surface area contributed by atoms with Crippen LogP contribution in [0.5, 0.6) is 0 Å². The first-order valence-corrected chi connectivity index (χ1v) is 10.2. The minimum Gasteiger partial charge on any atom is -0.335 e. The van der Waals surface area contributed by atoms with E-state index in [0.717, 1.165) is 43.2 Å². The van der Waals surface area contributed by atoms with Crippen LogP contribution >= 0.6 is 0 Å². The lowest BCUT2D eigenvalue weighted by molar-refractivity contribution is 0.0661. The number of rotatable bonds is 3. The standard InChI is InChI=1S/C21H26N6O/c1-24-10-12-25(13-11-24)21(28)19-18-8-4-5-9-27(18)20(23-19)17-14-26(15-22-17)16-6-2-3-7-16/h4-5,8-9,14-16H,2-3,6-7,10-13H2,1H3. The maximum atomic E-state index is 13.2. The van der Waals surface area contributed by atoms with Crippen molar-refractivity contribution in [2.45, 2.75) is 31.7 Å². The third-order valence-corrected chi connectivity index (χ3v) is 6.12. The van der Waals surface area contributed by atoms with Gasteiger partial charge in [0.1, 0.15) is 5.69 Å². The van der Waals surface area contributed by atoms with Crippen molar-refractivity contribution >= 4 is 11.4 Å². The van der Waals surface area contributed by atoms with Crippen molar-refractivity contribution < 1.29 is 4.79 Å². The molecular weight excluding hydrogens is 352 g/mol. The summed E-state index contributed by atoms with van der Waals surface area (Å²) < 4.78 is 4.21. The van der Waals surface area contributed by atoms with Gasteiger partial charge in [-0.25, -0.2) is 9.97 Å². The number of nitrogens with zero attached hydrogens (tertiary/aromatic N) is 6. The fourth-order valence-corrected chi connectivity index (χ4v) is 4.39. The smallest absolute Gasteiger partial charge is 0.274 e. The Morgan fingerprint density at radius 2 is 1.89 bits per heavy atom. The fraction of sp³-hybridized carbons (Fsp3) is 0.476. The third kappa shape index (κ3) is 2.99. The molecule has 0 unspecified atom stereocenters. The summed E-state index contributed by atoms with van der Waals surface area (Å²) in [4.78, 5) is 26.7. The Bertz CT molecular complexity index is 991. The number of amides is 1. The van der Waals surface area contributed by atoms with Gasteiger partial charge in [0.2, 0.25) is 0 Å². The van der Waals surface area contributed by atoms with Crippen molar-refractivity contribution in [2.75, 3.05) is 33.2 Å². The van der Waals surface area contributed by atoms with E-state index in [-0.39, 0.29) is 5.91 Å². The second-order valence-corrected chi connectivity index (χ2v) is 7.98. The topological polar surface area (TPSA) is 58.7 Å². The van der Waals surface area contributed by atoms with Crippen molar-refractivity contribution in [3.8, 4) is 11.5 Å². The van der Waals surface area contributed by atoms with Gasteiger partial charge in [-0.3, -0.25) is 9.20 Å². The molecule has 146 valence electrons. The number of fused-ring (bicyclic) bond motifs is 1. The summed E-state index contributed by atoms with van der Waals surface area (Å²) in [5.74, 6) is 0.753. The number of carbonyl (C=O) groups is 1. The maximum absolute atomic E-state index is 13.2. The zero-order valence-electron chi connectivity index (χ0n) is 16.3. The first-order valence-electron chi connectivity index (χ1n) is 10.2. The van der Waals surface area contributed by atoms with Crippen molar-refractivity contribution in [2.24, 2.45) is 0 Å². The number of imidazole rings is 2. The van der Waals surface area contributed by atoms with Gasteiger partial charge in [-0.15, -0.1) is 0 Å². The molecule has 1 aliphatic heterocycles. The Morgan fingerprint density at radius 3 is 2.68 bits per heavy atom. The highest BCUT2D eigenvalue weighted by Crippen LogP contribution is 2.31. The van der Waals surface area contributed by atoms with E-state index in [1.807, 2.05) is 40.0 Å². The van der Waals surface area contributed by atoms with Gasteiger partial charge in [0.05, 0.1) is 11.8 Å². The monoisotopic (exact) mass is 378 g/mol. The van der Waals surface area contributed by atoms with Crippen molar-refractivity contribution in [1.82, 2.24) is 28.7 Å². The van der Waals surface area contributed by atoms with E-state index >= 15 is 0 Å². The highest BCUT2D eigenvalue weighted by atomic mass is 16.2. The molecule has 7 heteroatoms. The van der Waals surface area contributed by atoms with E-state index in [1.165, 1.54) is 25.7 Å². The van der Waals surface area contributed by atoms with Gasteiger partial charge in [-0.05, 0) is 32.0 Å². The maximum Gasteiger partial charge on any atom is 0.274 e. The Morgan fingerprint density at radius 1 is 1.11 bits per heavy atom. The van der Waals surface area contributed by atoms with Crippen LogP contribution in [0.15, 0.2) is 36.9 Å². The van der Waals surface area contributed by atoms with Gasteiger partial charge in [-0.1, -0.05) is 18.9 Å². The van der Waals surface area contributed by atoms with E-state index in [1.54, 1.807) is 0 Å². The fourth-order valence-electron chi connectivity index (χ4n) is 4.39. The van der Waals surface area contributed by atoms with Crippen LogP contribution in [0.25, 0.3) is 17.0 Å². The van der Waals surface area contributed by atoms with Crippen LogP contribution in [0.1, 0.15) is 42.2 Å². The molecule has 0 aromatic carbocycles. The molecule has 0 bridgehead atoms. The molecular formula is C21H26N6O. The van der Waals surface area contributed by atoms with Crippen LogP contribution < -0.4 is 0 Å². The lowest BCUT2D eigenvalue weighted by Gasteiger charge is -2.32. The molecule has 1 saturated carbocycles. The zero-order chi connectivity index (χ0) is 19.1. The van der Waals surface area contributed by atoms with Gasteiger partial charge in [-0.2, -0.15) is 0 Å². The number of likely N-dealkylation sites (N-methyl/N-ethyl adjacent to an activating group) is 1. The molecule has 7 nitrogen and oxygen atoms in total. The Kier molecular flexibility index (Phi) is 4.39. The van der Waals surface area contributed by atoms with E-state index in [9.17, 15) is 4.79 Å². The number of hydrogen-bond donors (Lipinski definition) is 0. The van der Waals surface area contributed by atoms with Crippen molar-refractivity contribution in [3.05, 3.63) is 42.6 Å². The number of aromatic nitrogens is 4. The highest BCUT2D eigenvalue weighted by molar-refractivity contribution is 6.00. The Labute approximate surface area is 164 Å². The van der Waals surface area contributed by atoms with Gasteiger partial charge < -0.3 is 14.4 Å². The predicted molar refractivity (Wildman–Crippen MR) is 107 cm³/mol. The molecule has 1 aliphatic carbocycles. The molecule has 2 aliphatic rings. The summed E-state index contributed by atoms with van der Waals surface area (Å²) in [7, 11) is 2.09. The van der Waals surface area contributed by atoms with Crippen LogP contribution in [-0.2, 0) is 0 Å². The summed E-state index contributed by atoms with van der Waals surface area (Å²) in [6.45, 7) is 3.28. The lowest BCUT2D eigenvalue weighted by atomic mass is 10.2. The van der Waals surface area contributed by atoms with Crippen LogP contribution in [0.3, 0.4) is 0 Å². The molecule has 0 atom stereocenters. The Hall–Kier alpha value is -2.67. The first-order chi connectivity index (χ1) is 13.7. The Balaban J connectivity index is 1.51. The van der Waals surface area contributed by atoms with Gasteiger partial charge >= 0.3 is 0 Å². The number of carbonyl (C=O) groups excluding carboxylic acids is 1. The molecule has 3 aromatic rings. The molecule has 1 amide bonds. The van der Waals surface area contributed by atoms with Gasteiger partial charge in [0.25, 0.3) is 5.91 Å². The molecule has 0 N–H and O–H groups in total. The average molecular weight is 378 g/mol. The van der Waals surface area contributed by atoms with E-state index in [4.69, 9.17) is 4.98 Å². The van der Waals surface area contributed by atoms with Crippen molar-refractivity contribution in [1.29, 1.82) is 0 Å². The van der Waals surface area contributed by atoms with Gasteiger partial charge in [0.15, 0.2) is 11.5 Å². The summed E-state index contributed by atoms with van der Waals surface area (Å²) >= 11 is 0. The molecule has 0 spiro atoms. The number of hydrogen-bond acceptors (Lipinski definition) is 4. The summed E-state index contributed by atoms with van der Waals surface area (Å²) in [6, 6.07) is 6.43. The predicted octanol–water partition coefficient (Wildman–Crippen LogP) is 2.70. The SMILES string of the molecule is CN1CCN(C(=O)c2nc(-c3cn(C4CCCC4)cn3)n3ccccc23)CC1. The molecule has 2 fully saturated rings. The van der Waals surface area contributed by atoms with E-state index < -0.39 is 0 Å². The highest BCUT2D eigenvalue weighted by Gasteiger charge is 2.26. The summed E-state index contributed by atoms with van der Waals surface area (Å²) in [5.41, 5.74) is 2.19. The molecule has 3 aromatic heterocycles.